The van der Waals surface area contributed by atoms with Crippen molar-refractivity contribution < 1.29 is 17.6 Å². The molecule has 1 aromatic rings. The van der Waals surface area contributed by atoms with E-state index in [4.69, 9.17) is 5.84 Å². The Hall–Kier alpha value is -1.14. The minimum atomic E-state index is -4.53. The number of alkyl halides is 3. The summed E-state index contributed by atoms with van der Waals surface area (Å²) in [5.74, 6) is 4.14. The van der Waals surface area contributed by atoms with E-state index >= 15 is 0 Å². The zero-order chi connectivity index (χ0) is 11.6. The first-order valence-electron chi connectivity index (χ1n) is 4.19. The van der Waals surface area contributed by atoms with E-state index in [-0.39, 0.29) is 5.56 Å². The van der Waals surface area contributed by atoms with Gasteiger partial charge in [-0.05, 0) is 19.1 Å². The molecule has 84 valence electrons. The van der Waals surface area contributed by atoms with Crippen LogP contribution < -0.4 is 11.3 Å². The van der Waals surface area contributed by atoms with Crippen molar-refractivity contribution in [2.75, 3.05) is 0 Å². The highest BCUT2D eigenvalue weighted by Crippen LogP contribution is 2.31. The van der Waals surface area contributed by atoms with Crippen molar-refractivity contribution in [3.05, 3.63) is 35.1 Å². The highest BCUT2D eigenvalue weighted by molar-refractivity contribution is 5.28. The number of hydrogen-bond donors (Lipinski definition) is 2. The summed E-state index contributed by atoms with van der Waals surface area (Å²) in [5.41, 5.74) is 1.35. The summed E-state index contributed by atoms with van der Waals surface area (Å²) in [6, 6.07) is 1.82. The van der Waals surface area contributed by atoms with Crippen LogP contribution in [0.1, 0.15) is 24.1 Å². The number of halogens is 4. The highest BCUT2D eigenvalue weighted by Gasteiger charge is 2.31. The summed E-state index contributed by atoms with van der Waals surface area (Å²) >= 11 is 0. The van der Waals surface area contributed by atoms with Gasteiger partial charge in [0, 0.05) is 11.6 Å². The van der Waals surface area contributed by atoms with E-state index in [1.165, 1.54) is 0 Å². The van der Waals surface area contributed by atoms with E-state index < -0.39 is 23.6 Å². The molecule has 1 rings (SSSR count). The van der Waals surface area contributed by atoms with Gasteiger partial charge in [0.05, 0.1) is 5.56 Å². The molecule has 0 aliphatic carbocycles. The lowest BCUT2D eigenvalue weighted by Crippen LogP contribution is -2.26. The fourth-order valence-electron chi connectivity index (χ4n) is 1.14. The molecule has 0 aliphatic heterocycles. The molecule has 0 radical (unpaired) electrons. The first-order valence-corrected chi connectivity index (χ1v) is 4.19. The second-order valence-corrected chi connectivity index (χ2v) is 3.12. The van der Waals surface area contributed by atoms with E-state index in [0.717, 1.165) is 12.1 Å². The smallest absolute Gasteiger partial charge is 0.271 e. The number of hydrazine groups is 1. The minimum absolute atomic E-state index is 0.102. The maximum Gasteiger partial charge on any atom is 0.416 e. The normalized spacial score (nSPS) is 14.0. The van der Waals surface area contributed by atoms with Crippen LogP contribution in [0.2, 0.25) is 0 Å². The average molecular weight is 222 g/mol. The topological polar surface area (TPSA) is 38.0 Å². The zero-order valence-corrected chi connectivity index (χ0v) is 7.90. The fraction of sp³-hybridized carbons (Fsp3) is 0.333. The van der Waals surface area contributed by atoms with Gasteiger partial charge in [0.1, 0.15) is 5.82 Å². The van der Waals surface area contributed by atoms with Crippen LogP contribution in [0.25, 0.3) is 0 Å². The number of nitrogens with two attached hydrogens (primary N) is 1. The van der Waals surface area contributed by atoms with E-state index in [9.17, 15) is 17.6 Å². The van der Waals surface area contributed by atoms with E-state index in [1.54, 1.807) is 6.92 Å². The van der Waals surface area contributed by atoms with Crippen LogP contribution in [0.15, 0.2) is 18.2 Å². The molecule has 0 saturated heterocycles. The molecule has 6 heteroatoms. The molecule has 1 atom stereocenters. The maximum atomic E-state index is 13.2. The maximum absolute atomic E-state index is 13.2. The van der Waals surface area contributed by atoms with Crippen LogP contribution in [0, 0.1) is 5.82 Å². The van der Waals surface area contributed by atoms with Crippen molar-refractivity contribution in [2.24, 2.45) is 5.84 Å². The average Bonchev–Trinajstić information content (AvgIpc) is 2.15. The van der Waals surface area contributed by atoms with Crippen molar-refractivity contribution in [2.45, 2.75) is 19.1 Å². The van der Waals surface area contributed by atoms with Crippen LogP contribution in [-0.2, 0) is 6.18 Å². The third-order valence-corrected chi connectivity index (χ3v) is 2.04. The fourth-order valence-corrected chi connectivity index (χ4v) is 1.14. The number of hydrogen-bond acceptors (Lipinski definition) is 2. The van der Waals surface area contributed by atoms with Crippen LogP contribution in [-0.4, -0.2) is 0 Å². The molecule has 0 amide bonds. The monoisotopic (exact) mass is 222 g/mol. The van der Waals surface area contributed by atoms with Gasteiger partial charge in [0.2, 0.25) is 0 Å². The van der Waals surface area contributed by atoms with Crippen molar-refractivity contribution in [3.63, 3.8) is 0 Å². The summed E-state index contributed by atoms with van der Waals surface area (Å²) in [6.07, 6.45) is -4.53. The van der Waals surface area contributed by atoms with Gasteiger partial charge < -0.3 is 0 Å². The van der Waals surface area contributed by atoms with Gasteiger partial charge in [0.15, 0.2) is 0 Å². The Bertz CT molecular complexity index is 348. The van der Waals surface area contributed by atoms with Gasteiger partial charge in [-0.15, -0.1) is 0 Å². The first-order chi connectivity index (χ1) is 6.86. The van der Waals surface area contributed by atoms with Crippen LogP contribution in [0.3, 0.4) is 0 Å². The lowest BCUT2D eigenvalue weighted by atomic mass is 10.1. The quantitative estimate of drug-likeness (QED) is 0.458. The lowest BCUT2D eigenvalue weighted by Gasteiger charge is -2.13. The molecule has 0 spiro atoms. The Balaban J connectivity index is 3.09. The number of benzene rings is 1. The van der Waals surface area contributed by atoms with Gasteiger partial charge in [-0.2, -0.15) is 13.2 Å². The standard InChI is InChI=1S/C9H10F4N2/c1-5(15-14)7-3-2-6(4-8(7)10)9(11,12)13/h2-5,15H,14H2,1H3/t5-/m1/s1. The Kier molecular flexibility index (Phi) is 3.31. The third-order valence-electron chi connectivity index (χ3n) is 2.04. The summed E-state index contributed by atoms with van der Waals surface area (Å²) in [4.78, 5) is 0. The van der Waals surface area contributed by atoms with Crippen molar-refractivity contribution in [1.82, 2.24) is 5.43 Å². The van der Waals surface area contributed by atoms with Gasteiger partial charge in [0.25, 0.3) is 0 Å². The van der Waals surface area contributed by atoms with Crippen molar-refractivity contribution >= 4 is 0 Å². The molecule has 0 unspecified atom stereocenters. The van der Waals surface area contributed by atoms with Gasteiger partial charge in [-0.25, -0.2) is 4.39 Å². The summed E-state index contributed by atoms with van der Waals surface area (Å²) < 4.78 is 49.7. The van der Waals surface area contributed by atoms with Gasteiger partial charge >= 0.3 is 6.18 Å². The van der Waals surface area contributed by atoms with Crippen molar-refractivity contribution in [1.29, 1.82) is 0 Å². The van der Waals surface area contributed by atoms with Gasteiger partial charge in [-0.3, -0.25) is 11.3 Å². The summed E-state index contributed by atoms with van der Waals surface area (Å²) in [5, 5.41) is 0. The van der Waals surface area contributed by atoms with E-state index in [1.807, 2.05) is 0 Å². The molecular weight excluding hydrogens is 212 g/mol. The molecule has 0 fully saturated rings. The highest BCUT2D eigenvalue weighted by atomic mass is 19.4. The molecule has 0 saturated carbocycles. The first kappa shape index (κ1) is 11.9. The lowest BCUT2D eigenvalue weighted by molar-refractivity contribution is -0.137. The SMILES string of the molecule is C[C@@H](NN)c1ccc(C(F)(F)F)cc1F. The van der Waals surface area contributed by atoms with Crippen LogP contribution >= 0.6 is 0 Å². The van der Waals surface area contributed by atoms with Crippen molar-refractivity contribution in [3.8, 4) is 0 Å². The third kappa shape index (κ3) is 2.66. The second-order valence-electron chi connectivity index (χ2n) is 3.12. The zero-order valence-electron chi connectivity index (χ0n) is 7.90. The molecule has 2 nitrogen and oxygen atoms in total. The molecular formula is C9H10F4N2. The number of nitrogens with one attached hydrogen (secondary N) is 1. The minimum Gasteiger partial charge on any atom is -0.271 e. The largest absolute Gasteiger partial charge is 0.416 e. The predicted molar refractivity (Wildman–Crippen MR) is 47.1 cm³/mol. The molecule has 15 heavy (non-hydrogen) atoms. The molecule has 0 aliphatic rings. The molecule has 0 bridgehead atoms. The Morgan fingerprint density at radius 3 is 2.33 bits per heavy atom. The van der Waals surface area contributed by atoms with Crippen LogP contribution in [0.5, 0.6) is 0 Å². The predicted octanol–water partition coefficient (Wildman–Crippen LogP) is 2.37. The van der Waals surface area contributed by atoms with Crippen LogP contribution in [0.4, 0.5) is 17.6 Å². The number of rotatable bonds is 2. The van der Waals surface area contributed by atoms with E-state index in [0.29, 0.717) is 6.07 Å². The molecule has 1 aromatic carbocycles. The van der Waals surface area contributed by atoms with Gasteiger partial charge in [-0.1, -0.05) is 6.07 Å². The Labute approximate surface area is 84.0 Å². The Morgan fingerprint density at radius 2 is 1.93 bits per heavy atom. The summed E-state index contributed by atoms with van der Waals surface area (Å²) in [7, 11) is 0. The second kappa shape index (κ2) is 4.16. The molecule has 3 N–H and O–H groups in total. The Morgan fingerprint density at radius 1 is 1.33 bits per heavy atom. The molecule has 0 heterocycles. The molecule has 0 aromatic heterocycles. The van der Waals surface area contributed by atoms with E-state index in [2.05, 4.69) is 5.43 Å². The summed E-state index contributed by atoms with van der Waals surface area (Å²) in [6.45, 7) is 1.55.